The summed E-state index contributed by atoms with van der Waals surface area (Å²) in [5.74, 6) is -0.435. The third-order valence-corrected chi connectivity index (χ3v) is 6.67. The Morgan fingerprint density at radius 1 is 1.19 bits per heavy atom. The number of hydrogen-bond acceptors (Lipinski definition) is 6. The van der Waals surface area contributed by atoms with Gasteiger partial charge in [-0.1, -0.05) is 38.6 Å². The first-order valence-electron chi connectivity index (χ1n) is 10.6. The van der Waals surface area contributed by atoms with E-state index in [2.05, 4.69) is 41.4 Å². The lowest BCUT2D eigenvalue weighted by Crippen LogP contribution is -2.54. The monoisotopic (exact) mass is 453 g/mol. The molecule has 2 unspecified atom stereocenters. The number of urea groups is 1. The summed E-state index contributed by atoms with van der Waals surface area (Å²) in [6, 6.07) is 8.49. The van der Waals surface area contributed by atoms with Gasteiger partial charge in [0.15, 0.2) is 0 Å². The first-order chi connectivity index (χ1) is 15.2. The van der Waals surface area contributed by atoms with Crippen LogP contribution in [0.4, 0.5) is 10.5 Å². The van der Waals surface area contributed by atoms with E-state index in [-0.39, 0.29) is 17.9 Å². The lowest BCUT2D eigenvalue weighted by molar-refractivity contribution is -0.136. The molecule has 1 aliphatic heterocycles. The minimum absolute atomic E-state index is 0.0579. The van der Waals surface area contributed by atoms with Crippen LogP contribution >= 0.6 is 11.8 Å². The molecule has 1 aliphatic carbocycles. The summed E-state index contributed by atoms with van der Waals surface area (Å²) in [5, 5.41) is 7.13. The van der Waals surface area contributed by atoms with Crippen molar-refractivity contribution in [3.05, 3.63) is 42.7 Å². The molecule has 0 aromatic carbocycles. The smallest absolute Gasteiger partial charge is 0.324 e. The molecular weight excluding hydrogens is 426 g/mol. The highest BCUT2D eigenvalue weighted by molar-refractivity contribution is 7.99. The zero-order valence-corrected chi connectivity index (χ0v) is 19.2. The number of nitrogens with zero attached hydrogens (tertiary/aromatic N) is 3. The number of hydrogen-bond donors (Lipinski definition) is 2. The summed E-state index contributed by atoms with van der Waals surface area (Å²) in [6.45, 7) is 6.00. The summed E-state index contributed by atoms with van der Waals surface area (Å²) in [7, 11) is 0. The maximum absolute atomic E-state index is 13.2. The van der Waals surface area contributed by atoms with Crippen LogP contribution in [-0.4, -0.2) is 44.8 Å². The van der Waals surface area contributed by atoms with Crippen molar-refractivity contribution in [2.24, 2.45) is 11.3 Å². The number of carbonyl (C=O) groups excluding carboxylic acids is 3. The minimum Gasteiger partial charge on any atom is -0.324 e. The molecule has 8 nitrogen and oxygen atoms in total. The Kier molecular flexibility index (Phi) is 5.94. The van der Waals surface area contributed by atoms with Gasteiger partial charge in [-0.05, 0) is 54.9 Å². The highest BCUT2D eigenvalue weighted by Gasteiger charge is 2.56. The molecule has 1 saturated carbocycles. The van der Waals surface area contributed by atoms with Gasteiger partial charge in [0.05, 0.1) is 0 Å². The number of carbonyl (C=O) groups is 3. The number of nitrogens with one attached hydrogen (secondary N) is 2. The molecule has 32 heavy (non-hydrogen) atoms. The molecular formula is C23H27N5O3S. The highest BCUT2D eigenvalue weighted by atomic mass is 32.2. The number of imide groups is 1. The molecule has 9 heteroatoms. The average molecular weight is 454 g/mol. The van der Waals surface area contributed by atoms with E-state index in [1.54, 1.807) is 24.5 Å². The minimum atomic E-state index is -0.915. The predicted molar refractivity (Wildman–Crippen MR) is 121 cm³/mol. The molecule has 3 heterocycles. The van der Waals surface area contributed by atoms with Gasteiger partial charge in [0.2, 0.25) is 5.91 Å². The first-order valence-corrected chi connectivity index (χ1v) is 11.5. The number of pyridine rings is 2. The Morgan fingerprint density at radius 2 is 1.97 bits per heavy atom. The molecule has 2 aliphatic rings. The van der Waals surface area contributed by atoms with E-state index in [9.17, 15) is 14.4 Å². The SMILES string of the molecule is CC1CC(C)(C)CC2(C1)NC(=O)N(CC(=O)Nc1ccnc(Sc3ccccn3)c1)C2=O. The molecule has 168 valence electrons. The maximum atomic E-state index is 13.2. The fourth-order valence-electron chi connectivity index (χ4n) is 5.05. The van der Waals surface area contributed by atoms with E-state index in [1.165, 1.54) is 11.8 Å². The van der Waals surface area contributed by atoms with Crippen molar-refractivity contribution in [1.29, 1.82) is 0 Å². The van der Waals surface area contributed by atoms with Crippen molar-refractivity contribution in [1.82, 2.24) is 20.2 Å². The third kappa shape index (κ3) is 4.77. The van der Waals surface area contributed by atoms with Crippen LogP contribution in [-0.2, 0) is 9.59 Å². The molecule has 0 bridgehead atoms. The van der Waals surface area contributed by atoms with Gasteiger partial charge in [-0.25, -0.2) is 14.8 Å². The van der Waals surface area contributed by atoms with Crippen molar-refractivity contribution < 1.29 is 14.4 Å². The average Bonchev–Trinajstić information content (AvgIpc) is 2.90. The third-order valence-electron chi connectivity index (χ3n) is 5.79. The fourth-order valence-corrected chi connectivity index (χ4v) is 5.83. The van der Waals surface area contributed by atoms with Crippen molar-refractivity contribution in [2.45, 2.75) is 55.6 Å². The predicted octanol–water partition coefficient (Wildman–Crippen LogP) is 3.70. The zero-order chi connectivity index (χ0) is 22.9. The molecule has 0 radical (unpaired) electrons. The number of amides is 4. The van der Waals surface area contributed by atoms with Crippen molar-refractivity contribution in [2.75, 3.05) is 11.9 Å². The topological polar surface area (TPSA) is 104 Å². The fraction of sp³-hybridized carbons (Fsp3) is 0.435. The van der Waals surface area contributed by atoms with E-state index in [0.29, 0.717) is 29.5 Å². The lowest BCUT2D eigenvalue weighted by Gasteiger charge is -2.43. The van der Waals surface area contributed by atoms with Crippen LogP contribution in [0.5, 0.6) is 0 Å². The normalized spacial score (nSPS) is 24.5. The molecule has 2 N–H and O–H groups in total. The van der Waals surface area contributed by atoms with Crippen LogP contribution in [0.25, 0.3) is 0 Å². The summed E-state index contributed by atoms with van der Waals surface area (Å²) in [4.78, 5) is 48.1. The van der Waals surface area contributed by atoms with Gasteiger partial charge in [0, 0.05) is 18.1 Å². The molecule has 1 spiro atoms. The molecule has 2 atom stereocenters. The number of anilines is 1. The Balaban J connectivity index is 1.42. The van der Waals surface area contributed by atoms with Crippen molar-refractivity contribution in [3.8, 4) is 0 Å². The summed E-state index contributed by atoms with van der Waals surface area (Å²) >= 11 is 1.37. The van der Waals surface area contributed by atoms with Crippen LogP contribution in [0.1, 0.15) is 40.0 Å². The van der Waals surface area contributed by atoms with Crippen LogP contribution in [0.15, 0.2) is 52.8 Å². The number of rotatable bonds is 5. The quantitative estimate of drug-likeness (QED) is 0.669. The van der Waals surface area contributed by atoms with E-state index < -0.39 is 17.5 Å². The van der Waals surface area contributed by atoms with Crippen LogP contribution < -0.4 is 10.6 Å². The molecule has 1 saturated heterocycles. The lowest BCUT2D eigenvalue weighted by atomic mass is 9.64. The Hall–Kier alpha value is -2.94. The maximum Gasteiger partial charge on any atom is 0.325 e. The largest absolute Gasteiger partial charge is 0.325 e. The standard InChI is InChI=1S/C23H27N5O3S/c1-15-11-22(2,3)14-23(12-15)20(30)28(21(31)27-23)13-17(29)26-16-7-9-25-19(10-16)32-18-6-4-5-8-24-18/h4-10,15H,11-14H2,1-3H3,(H,27,31)(H,25,26,29). The second-order valence-electron chi connectivity index (χ2n) is 9.46. The number of aromatic nitrogens is 2. The Bertz CT molecular complexity index is 1040. The van der Waals surface area contributed by atoms with Gasteiger partial charge < -0.3 is 10.6 Å². The summed E-state index contributed by atoms with van der Waals surface area (Å²) in [6.07, 6.45) is 5.46. The highest BCUT2D eigenvalue weighted by Crippen LogP contribution is 2.46. The van der Waals surface area contributed by atoms with Crippen LogP contribution in [0.3, 0.4) is 0 Å². The van der Waals surface area contributed by atoms with E-state index in [1.807, 2.05) is 18.2 Å². The van der Waals surface area contributed by atoms with Gasteiger partial charge in [0.25, 0.3) is 5.91 Å². The van der Waals surface area contributed by atoms with Gasteiger partial charge in [0.1, 0.15) is 22.1 Å². The molecule has 4 rings (SSSR count). The second kappa shape index (κ2) is 8.54. The Labute approximate surface area is 191 Å². The van der Waals surface area contributed by atoms with E-state index in [0.717, 1.165) is 16.3 Å². The van der Waals surface area contributed by atoms with Gasteiger partial charge in [-0.15, -0.1) is 0 Å². The van der Waals surface area contributed by atoms with Crippen molar-refractivity contribution >= 4 is 35.3 Å². The zero-order valence-electron chi connectivity index (χ0n) is 18.4. The van der Waals surface area contributed by atoms with Crippen LogP contribution in [0.2, 0.25) is 0 Å². The molecule has 2 aromatic heterocycles. The van der Waals surface area contributed by atoms with E-state index >= 15 is 0 Å². The van der Waals surface area contributed by atoms with Gasteiger partial charge >= 0.3 is 6.03 Å². The first kappa shape index (κ1) is 22.3. The van der Waals surface area contributed by atoms with Gasteiger partial charge in [-0.2, -0.15) is 0 Å². The molecule has 2 fully saturated rings. The molecule has 4 amide bonds. The Morgan fingerprint density at radius 3 is 2.69 bits per heavy atom. The summed E-state index contributed by atoms with van der Waals surface area (Å²) in [5.41, 5.74) is -0.433. The second-order valence-corrected chi connectivity index (χ2v) is 10.5. The van der Waals surface area contributed by atoms with E-state index in [4.69, 9.17) is 0 Å². The summed E-state index contributed by atoms with van der Waals surface area (Å²) < 4.78 is 0. The van der Waals surface area contributed by atoms with Crippen molar-refractivity contribution in [3.63, 3.8) is 0 Å². The molecule has 2 aromatic rings. The van der Waals surface area contributed by atoms with Crippen LogP contribution in [0, 0.1) is 11.3 Å². The van der Waals surface area contributed by atoms with Gasteiger partial charge in [-0.3, -0.25) is 14.5 Å².